The Labute approximate surface area is 91.6 Å². The van der Waals surface area contributed by atoms with Gasteiger partial charge in [0.1, 0.15) is 5.78 Å². The molecule has 0 heterocycles. The largest absolute Gasteiger partial charge is 0.300 e. The summed E-state index contributed by atoms with van der Waals surface area (Å²) in [6.45, 7) is 9.20. The molecule has 0 aromatic heterocycles. The highest BCUT2D eigenvalue weighted by molar-refractivity contribution is 5.81. The minimum absolute atomic E-state index is 0.143. The zero-order valence-electron chi connectivity index (χ0n) is 10.3. The number of Topliss-reactive ketones (excluding diaryl/α,β-unsaturated/α-hetero) is 1. The zero-order chi connectivity index (χ0) is 12.3. The summed E-state index contributed by atoms with van der Waals surface area (Å²) >= 11 is 0. The molecule has 0 fully saturated rings. The number of nitrogens with two attached hydrogens (primary N) is 1. The van der Waals surface area contributed by atoms with Gasteiger partial charge in [-0.1, -0.05) is 27.7 Å². The first kappa shape index (κ1) is 14.1. The molecule has 0 saturated carbocycles. The Morgan fingerprint density at radius 3 is 2.00 bits per heavy atom. The molecule has 0 spiro atoms. The van der Waals surface area contributed by atoms with Gasteiger partial charge >= 0.3 is 0 Å². The Kier molecular flexibility index (Phi) is 4.46. The first-order valence-corrected chi connectivity index (χ1v) is 5.11. The highest BCUT2D eigenvalue weighted by atomic mass is 16.2. The maximum absolute atomic E-state index is 11.5. The van der Waals surface area contributed by atoms with Crippen LogP contribution in [0.2, 0.25) is 0 Å². The lowest BCUT2D eigenvalue weighted by Crippen LogP contribution is -2.43. The van der Waals surface area contributed by atoms with E-state index in [1.807, 2.05) is 27.7 Å². The zero-order valence-corrected chi connectivity index (χ0v) is 10.3. The molecule has 4 heteroatoms. The van der Waals surface area contributed by atoms with Crippen LogP contribution in [-0.4, -0.2) is 11.7 Å². The quantitative estimate of drug-likeness (QED) is 0.413. The maximum atomic E-state index is 11.5. The highest BCUT2D eigenvalue weighted by Crippen LogP contribution is 2.36. The van der Waals surface area contributed by atoms with Crippen LogP contribution in [0.4, 0.5) is 0 Å². The van der Waals surface area contributed by atoms with E-state index >= 15 is 0 Å². The molecular weight excluding hydrogens is 192 g/mol. The molecule has 0 aliphatic carbocycles. The van der Waals surface area contributed by atoms with Crippen LogP contribution >= 0.6 is 0 Å². The van der Waals surface area contributed by atoms with Crippen molar-refractivity contribution in [3.63, 3.8) is 0 Å². The van der Waals surface area contributed by atoms with Gasteiger partial charge < -0.3 is 4.79 Å². The van der Waals surface area contributed by atoms with E-state index in [9.17, 15) is 9.59 Å². The second kappa shape index (κ2) is 4.75. The number of hydrogen-bond acceptors (Lipinski definition) is 3. The molecular formula is C11H22N2O2. The topological polar surface area (TPSA) is 72.2 Å². The van der Waals surface area contributed by atoms with Gasteiger partial charge in [-0.2, -0.15) is 0 Å². The molecule has 0 unspecified atom stereocenters. The van der Waals surface area contributed by atoms with Gasteiger partial charge in [-0.25, -0.2) is 5.84 Å². The standard InChI is InChI=1S/C11H22N2O2/c1-8(14)6-10(2,3)7-11(4,5)9(15)13-12/h6-7,12H2,1-5H3,(H,13,15). The minimum Gasteiger partial charge on any atom is -0.300 e. The van der Waals surface area contributed by atoms with Gasteiger partial charge in [-0.15, -0.1) is 0 Å². The second-order valence-corrected chi connectivity index (χ2v) is 5.58. The van der Waals surface area contributed by atoms with E-state index in [4.69, 9.17) is 5.84 Å². The van der Waals surface area contributed by atoms with E-state index in [1.54, 1.807) is 6.92 Å². The number of nitrogens with one attached hydrogen (secondary N) is 1. The molecule has 3 N–H and O–H groups in total. The number of rotatable bonds is 5. The van der Waals surface area contributed by atoms with Crippen LogP contribution < -0.4 is 11.3 Å². The van der Waals surface area contributed by atoms with Crippen molar-refractivity contribution in [2.24, 2.45) is 16.7 Å². The second-order valence-electron chi connectivity index (χ2n) is 5.58. The van der Waals surface area contributed by atoms with Crippen LogP contribution in [0, 0.1) is 10.8 Å². The van der Waals surface area contributed by atoms with Gasteiger partial charge in [0.15, 0.2) is 0 Å². The fourth-order valence-electron chi connectivity index (χ4n) is 2.21. The highest BCUT2D eigenvalue weighted by Gasteiger charge is 2.34. The average Bonchev–Trinajstić information content (AvgIpc) is 1.97. The lowest BCUT2D eigenvalue weighted by Gasteiger charge is -2.32. The third-order valence-corrected chi connectivity index (χ3v) is 2.39. The molecule has 0 aliphatic rings. The summed E-state index contributed by atoms with van der Waals surface area (Å²) in [5, 5.41) is 0. The van der Waals surface area contributed by atoms with Gasteiger partial charge in [0.2, 0.25) is 5.91 Å². The molecule has 0 aromatic carbocycles. The van der Waals surface area contributed by atoms with Crippen LogP contribution in [-0.2, 0) is 9.59 Å². The molecule has 0 rings (SSSR count). The molecule has 4 nitrogen and oxygen atoms in total. The summed E-state index contributed by atoms with van der Waals surface area (Å²) in [4.78, 5) is 22.5. The summed E-state index contributed by atoms with van der Waals surface area (Å²) in [6, 6.07) is 0. The maximum Gasteiger partial charge on any atom is 0.239 e. The third-order valence-electron chi connectivity index (χ3n) is 2.39. The van der Waals surface area contributed by atoms with E-state index in [1.165, 1.54) is 0 Å². The summed E-state index contributed by atoms with van der Waals surface area (Å²) < 4.78 is 0. The van der Waals surface area contributed by atoms with Crippen LogP contribution in [0.15, 0.2) is 0 Å². The fourth-order valence-corrected chi connectivity index (χ4v) is 2.21. The first-order chi connectivity index (χ1) is 6.60. The number of carbonyl (C=O) groups excluding carboxylic acids is 2. The summed E-state index contributed by atoms with van der Waals surface area (Å²) in [6.07, 6.45) is 1.11. The van der Waals surface area contributed by atoms with Crippen molar-refractivity contribution in [1.82, 2.24) is 5.43 Å². The van der Waals surface area contributed by atoms with Crippen molar-refractivity contribution < 1.29 is 9.59 Å². The number of hydrazine groups is 1. The fraction of sp³-hybridized carbons (Fsp3) is 0.818. The van der Waals surface area contributed by atoms with Gasteiger partial charge in [0.05, 0.1) is 0 Å². The van der Waals surface area contributed by atoms with Crippen molar-refractivity contribution in [2.75, 3.05) is 0 Å². The molecule has 88 valence electrons. The van der Waals surface area contributed by atoms with Crippen molar-refractivity contribution in [1.29, 1.82) is 0 Å². The normalized spacial score (nSPS) is 12.4. The van der Waals surface area contributed by atoms with Gasteiger partial charge in [0, 0.05) is 11.8 Å². The number of carbonyl (C=O) groups is 2. The molecule has 0 bridgehead atoms. The van der Waals surface area contributed by atoms with Gasteiger partial charge in [0.25, 0.3) is 0 Å². The Balaban J connectivity index is 4.56. The van der Waals surface area contributed by atoms with E-state index < -0.39 is 5.41 Å². The molecule has 0 atom stereocenters. The first-order valence-electron chi connectivity index (χ1n) is 5.11. The van der Waals surface area contributed by atoms with E-state index in [2.05, 4.69) is 5.43 Å². The molecule has 0 aromatic rings. The Hall–Kier alpha value is -0.900. The van der Waals surface area contributed by atoms with Crippen LogP contribution in [0.25, 0.3) is 0 Å². The van der Waals surface area contributed by atoms with Crippen molar-refractivity contribution in [2.45, 2.75) is 47.5 Å². The minimum atomic E-state index is -0.548. The summed E-state index contributed by atoms with van der Waals surface area (Å²) in [5.41, 5.74) is 1.43. The number of ketones is 1. The van der Waals surface area contributed by atoms with Gasteiger partial charge in [-0.05, 0) is 18.8 Å². The molecule has 0 radical (unpaired) electrons. The van der Waals surface area contributed by atoms with E-state index in [0.29, 0.717) is 12.8 Å². The molecule has 15 heavy (non-hydrogen) atoms. The van der Waals surface area contributed by atoms with Crippen molar-refractivity contribution in [3.8, 4) is 0 Å². The van der Waals surface area contributed by atoms with Crippen molar-refractivity contribution >= 4 is 11.7 Å². The Bertz CT molecular complexity index is 257. The number of amides is 1. The molecule has 0 aliphatic heterocycles. The SMILES string of the molecule is CC(=O)CC(C)(C)CC(C)(C)C(=O)NN. The van der Waals surface area contributed by atoms with Gasteiger partial charge in [-0.3, -0.25) is 10.2 Å². The predicted octanol–water partition coefficient (Wildman–Crippen LogP) is 1.40. The molecule has 1 amide bonds. The average molecular weight is 214 g/mol. The van der Waals surface area contributed by atoms with Crippen LogP contribution in [0.1, 0.15) is 47.5 Å². The monoisotopic (exact) mass is 214 g/mol. The van der Waals surface area contributed by atoms with Crippen LogP contribution in [0.5, 0.6) is 0 Å². The van der Waals surface area contributed by atoms with E-state index in [-0.39, 0.29) is 17.1 Å². The lowest BCUT2D eigenvalue weighted by atomic mass is 9.72. The third kappa shape index (κ3) is 4.93. The molecule has 0 saturated heterocycles. The van der Waals surface area contributed by atoms with E-state index in [0.717, 1.165) is 0 Å². The smallest absolute Gasteiger partial charge is 0.239 e. The Morgan fingerprint density at radius 2 is 1.67 bits per heavy atom. The van der Waals surface area contributed by atoms with Crippen molar-refractivity contribution in [3.05, 3.63) is 0 Å². The predicted molar refractivity (Wildman–Crippen MR) is 59.8 cm³/mol. The number of hydrogen-bond donors (Lipinski definition) is 2. The Morgan fingerprint density at radius 1 is 1.20 bits per heavy atom. The summed E-state index contributed by atoms with van der Waals surface area (Å²) in [7, 11) is 0. The summed E-state index contributed by atoms with van der Waals surface area (Å²) in [5.74, 6) is 5.06. The lowest BCUT2D eigenvalue weighted by molar-refractivity contribution is -0.132. The van der Waals surface area contributed by atoms with Crippen LogP contribution in [0.3, 0.4) is 0 Å².